The second kappa shape index (κ2) is 9.13. The normalized spacial score (nSPS) is 17.1. The molecule has 0 bridgehead atoms. The lowest BCUT2D eigenvalue weighted by Gasteiger charge is -2.32. The molecule has 1 aliphatic rings. The Bertz CT molecular complexity index is 989. The first-order valence-corrected chi connectivity index (χ1v) is 9.93. The van der Waals surface area contributed by atoms with E-state index in [-0.39, 0.29) is 30.1 Å². The standard InChI is InChI=1S/C22H22F2N4O2/c23-17-8-4-15(5-9-17)13-25-20(29)14-28-12-2-1-3-19(28)22-26-21(27-30-22)16-6-10-18(24)11-7-16/h4-11,19H,1-3,12-14H2,(H,25,29)/t19-/m1/s1. The summed E-state index contributed by atoms with van der Waals surface area (Å²) in [5, 5.41) is 6.89. The Morgan fingerprint density at radius 1 is 1.07 bits per heavy atom. The van der Waals surface area contributed by atoms with Gasteiger partial charge in [-0.05, 0) is 61.3 Å². The fourth-order valence-corrected chi connectivity index (χ4v) is 3.59. The quantitative estimate of drug-likeness (QED) is 0.666. The van der Waals surface area contributed by atoms with E-state index >= 15 is 0 Å². The molecule has 3 aromatic rings. The maximum absolute atomic E-state index is 13.1. The van der Waals surface area contributed by atoms with Gasteiger partial charge in [0.15, 0.2) is 0 Å². The summed E-state index contributed by atoms with van der Waals surface area (Å²) in [6.45, 7) is 1.30. The van der Waals surface area contributed by atoms with Crippen LogP contribution in [0.1, 0.15) is 36.8 Å². The van der Waals surface area contributed by atoms with Crippen LogP contribution in [0.25, 0.3) is 11.4 Å². The van der Waals surface area contributed by atoms with Gasteiger partial charge < -0.3 is 9.84 Å². The van der Waals surface area contributed by atoms with Crippen LogP contribution in [0.15, 0.2) is 53.1 Å². The number of rotatable bonds is 6. The lowest BCUT2D eigenvalue weighted by atomic mass is 10.0. The van der Waals surface area contributed by atoms with E-state index in [9.17, 15) is 13.6 Å². The number of piperidine rings is 1. The van der Waals surface area contributed by atoms with E-state index in [0.717, 1.165) is 31.4 Å². The molecule has 4 rings (SSSR count). The fourth-order valence-electron chi connectivity index (χ4n) is 3.59. The van der Waals surface area contributed by atoms with Gasteiger partial charge in [-0.25, -0.2) is 8.78 Å². The third-order valence-corrected chi connectivity index (χ3v) is 5.19. The predicted octanol–water partition coefficient (Wildman–Crippen LogP) is 3.86. The molecule has 0 saturated carbocycles. The van der Waals surface area contributed by atoms with Crippen molar-refractivity contribution in [2.24, 2.45) is 0 Å². The van der Waals surface area contributed by atoms with Crippen LogP contribution in [0.2, 0.25) is 0 Å². The van der Waals surface area contributed by atoms with Crippen molar-refractivity contribution in [2.45, 2.75) is 31.8 Å². The largest absolute Gasteiger partial charge is 0.351 e. The van der Waals surface area contributed by atoms with Gasteiger partial charge in [-0.15, -0.1) is 0 Å². The smallest absolute Gasteiger partial charge is 0.244 e. The molecule has 6 nitrogen and oxygen atoms in total. The second-order valence-electron chi connectivity index (χ2n) is 7.35. The zero-order valence-corrected chi connectivity index (χ0v) is 16.4. The zero-order chi connectivity index (χ0) is 20.9. The van der Waals surface area contributed by atoms with Gasteiger partial charge in [0.05, 0.1) is 12.6 Å². The average molecular weight is 412 g/mol. The minimum absolute atomic E-state index is 0.121. The summed E-state index contributed by atoms with van der Waals surface area (Å²) < 4.78 is 31.6. The Morgan fingerprint density at radius 3 is 2.50 bits per heavy atom. The van der Waals surface area contributed by atoms with Crippen LogP contribution < -0.4 is 5.32 Å². The highest BCUT2D eigenvalue weighted by atomic mass is 19.1. The molecule has 0 aliphatic carbocycles. The summed E-state index contributed by atoms with van der Waals surface area (Å²) >= 11 is 0. The van der Waals surface area contributed by atoms with Crippen LogP contribution >= 0.6 is 0 Å². The van der Waals surface area contributed by atoms with Gasteiger partial charge in [-0.3, -0.25) is 9.69 Å². The minimum atomic E-state index is -0.326. The van der Waals surface area contributed by atoms with Gasteiger partial charge >= 0.3 is 0 Å². The van der Waals surface area contributed by atoms with Crippen molar-refractivity contribution in [3.8, 4) is 11.4 Å². The van der Waals surface area contributed by atoms with Crippen molar-refractivity contribution in [1.29, 1.82) is 0 Å². The average Bonchev–Trinajstić information content (AvgIpc) is 3.24. The predicted molar refractivity (Wildman–Crippen MR) is 106 cm³/mol. The maximum Gasteiger partial charge on any atom is 0.244 e. The number of hydrogen-bond donors (Lipinski definition) is 1. The highest BCUT2D eigenvalue weighted by molar-refractivity contribution is 5.78. The monoisotopic (exact) mass is 412 g/mol. The summed E-state index contributed by atoms with van der Waals surface area (Å²) in [4.78, 5) is 19.0. The number of benzene rings is 2. The number of hydrogen-bond acceptors (Lipinski definition) is 5. The summed E-state index contributed by atoms with van der Waals surface area (Å²) in [6.07, 6.45) is 2.81. The Labute approximate surface area is 172 Å². The lowest BCUT2D eigenvalue weighted by Crippen LogP contribution is -2.41. The van der Waals surface area contributed by atoms with Crippen molar-refractivity contribution in [1.82, 2.24) is 20.4 Å². The molecule has 1 aliphatic heterocycles. The van der Waals surface area contributed by atoms with Crippen LogP contribution in [-0.2, 0) is 11.3 Å². The first-order valence-electron chi connectivity index (χ1n) is 9.93. The van der Waals surface area contributed by atoms with Crippen molar-refractivity contribution in [3.63, 3.8) is 0 Å². The zero-order valence-electron chi connectivity index (χ0n) is 16.4. The highest BCUT2D eigenvalue weighted by Gasteiger charge is 2.30. The van der Waals surface area contributed by atoms with Crippen molar-refractivity contribution < 1.29 is 18.1 Å². The summed E-state index contributed by atoms with van der Waals surface area (Å²) in [5.74, 6) is 0.106. The lowest BCUT2D eigenvalue weighted by molar-refractivity contribution is -0.123. The molecule has 156 valence electrons. The third-order valence-electron chi connectivity index (χ3n) is 5.19. The summed E-state index contributed by atoms with van der Waals surface area (Å²) in [6, 6.07) is 11.8. The summed E-state index contributed by atoms with van der Waals surface area (Å²) in [5.41, 5.74) is 1.51. The third kappa shape index (κ3) is 4.88. The van der Waals surface area contributed by atoms with Gasteiger partial charge in [0.25, 0.3) is 0 Å². The van der Waals surface area contributed by atoms with E-state index in [2.05, 4.69) is 15.5 Å². The SMILES string of the molecule is O=C(CN1CCCC[C@@H]1c1nc(-c2ccc(F)cc2)no1)NCc1ccc(F)cc1. The van der Waals surface area contributed by atoms with Crippen LogP contribution in [-0.4, -0.2) is 34.0 Å². The number of amides is 1. The van der Waals surface area contributed by atoms with Crippen LogP contribution in [0.3, 0.4) is 0 Å². The molecule has 1 aromatic heterocycles. The van der Waals surface area contributed by atoms with E-state index < -0.39 is 0 Å². The number of halogens is 2. The Balaban J connectivity index is 1.39. The molecule has 2 aromatic carbocycles. The maximum atomic E-state index is 13.1. The van der Waals surface area contributed by atoms with E-state index in [1.165, 1.54) is 24.3 Å². The van der Waals surface area contributed by atoms with E-state index in [4.69, 9.17) is 4.52 Å². The molecule has 1 saturated heterocycles. The molecule has 1 fully saturated rings. The first kappa shape index (κ1) is 20.2. The summed E-state index contributed by atoms with van der Waals surface area (Å²) in [7, 11) is 0. The Hall–Kier alpha value is -3.13. The fraction of sp³-hybridized carbons (Fsp3) is 0.318. The molecule has 1 atom stereocenters. The van der Waals surface area contributed by atoms with Crippen LogP contribution in [0.4, 0.5) is 8.78 Å². The van der Waals surface area contributed by atoms with E-state index in [1.54, 1.807) is 24.3 Å². The molecule has 0 unspecified atom stereocenters. The van der Waals surface area contributed by atoms with E-state index in [1.807, 2.05) is 4.90 Å². The molecular formula is C22H22F2N4O2. The molecule has 30 heavy (non-hydrogen) atoms. The van der Waals surface area contributed by atoms with Gasteiger partial charge in [-0.2, -0.15) is 4.98 Å². The Morgan fingerprint density at radius 2 is 1.77 bits per heavy atom. The molecule has 0 radical (unpaired) electrons. The second-order valence-corrected chi connectivity index (χ2v) is 7.35. The van der Waals surface area contributed by atoms with Crippen molar-refractivity contribution in [2.75, 3.05) is 13.1 Å². The first-order chi connectivity index (χ1) is 14.6. The number of carbonyl (C=O) groups excluding carboxylic acids is 1. The van der Waals surface area contributed by atoms with Crippen LogP contribution in [0.5, 0.6) is 0 Å². The number of aromatic nitrogens is 2. The number of nitrogens with zero attached hydrogens (tertiary/aromatic N) is 3. The highest BCUT2D eigenvalue weighted by Crippen LogP contribution is 2.30. The number of carbonyl (C=O) groups is 1. The van der Waals surface area contributed by atoms with E-state index in [0.29, 0.717) is 23.8 Å². The molecule has 2 heterocycles. The minimum Gasteiger partial charge on any atom is -0.351 e. The molecule has 0 spiro atoms. The molecule has 1 amide bonds. The van der Waals surface area contributed by atoms with Gasteiger partial charge in [0.2, 0.25) is 17.6 Å². The molecule has 1 N–H and O–H groups in total. The topological polar surface area (TPSA) is 71.3 Å². The Kier molecular flexibility index (Phi) is 6.13. The van der Waals surface area contributed by atoms with Crippen LogP contribution in [0, 0.1) is 11.6 Å². The van der Waals surface area contributed by atoms with Crippen molar-refractivity contribution in [3.05, 3.63) is 71.6 Å². The van der Waals surface area contributed by atoms with Crippen molar-refractivity contribution >= 4 is 5.91 Å². The number of likely N-dealkylation sites (tertiary alicyclic amines) is 1. The van der Waals surface area contributed by atoms with Gasteiger partial charge in [0.1, 0.15) is 11.6 Å². The van der Waals surface area contributed by atoms with Gasteiger partial charge in [-0.1, -0.05) is 23.7 Å². The van der Waals surface area contributed by atoms with Gasteiger partial charge in [0, 0.05) is 12.1 Å². The molecular weight excluding hydrogens is 390 g/mol. The molecule has 8 heteroatoms. The number of nitrogens with one attached hydrogen (secondary N) is 1.